The summed E-state index contributed by atoms with van der Waals surface area (Å²) in [6.07, 6.45) is 9.76. The largest absolute Gasteiger partial charge is 0.303 e. The number of rotatable bonds is 11. The lowest BCUT2D eigenvalue weighted by molar-refractivity contribution is 0.196. The Morgan fingerprint density at radius 2 is 1.38 bits per heavy atom. The van der Waals surface area contributed by atoms with Crippen LogP contribution in [0.25, 0.3) is 0 Å². The maximum absolute atomic E-state index is 2.73. The molecule has 0 spiro atoms. The minimum absolute atomic E-state index is 0.833. The summed E-state index contributed by atoms with van der Waals surface area (Å²) in [6, 6.07) is 0. The molecule has 0 atom stereocenters. The van der Waals surface area contributed by atoms with Crippen molar-refractivity contribution in [2.45, 2.75) is 72.6 Å². The van der Waals surface area contributed by atoms with E-state index < -0.39 is 0 Å². The molecule has 2 nitrogen and oxygen atoms in total. The molecular weight excluding hydrogens is 256 g/mol. The average Bonchev–Trinajstić information content (AvgIpc) is 2.45. The van der Waals surface area contributed by atoms with Crippen LogP contribution in [0.4, 0.5) is 0 Å². The number of hydrogen-bond acceptors (Lipinski definition) is 2. The minimum Gasteiger partial charge on any atom is -0.303 e. The lowest BCUT2D eigenvalue weighted by Gasteiger charge is -2.28. The van der Waals surface area contributed by atoms with Crippen molar-refractivity contribution < 1.29 is 0 Å². The molecule has 1 saturated heterocycles. The van der Waals surface area contributed by atoms with E-state index in [4.69, 9.17) is 0 Å². The standard InChI is InChI=1S/C19H40N2/c1-18(2)10-8-14-21(17-11-19(3)4)16-9-15-20-12-6-5-7-13-20/h18-19H,5-17H2,1-4H3. The van der Waals surface area contributed by atoms with Crippen LogP contribution in [0.2, 0.25) is 0 Å². The molecule has 0 aromatic carbocycles. The van der Waals surface area contributed by atoms with Crippen molar-refractivity contribution >= 4 is 0 Å². The van der Waals surface area contributed by atoms with E-state index in [9.17, 15) is 0 Å². The molecule has 0 aromatic heterocycles. The zero-order valence-corrected chi connectivity index (χ0v) is 15.2. The normalized spacial score (nSPS) is 17.3. The molecule has 0 unspecified atom stereocenters. The van der Waals surface area contributed by atoms with Gasteiger partial charge in [-0.15, -0.1) is 0 Å². The van der Waals surface area contributed by atoms with Gasteiger partial charge in [-0.2, -0.15) is 0 Å². The lowest BCUT2D eigenvalue weighted by Crippen LogP contribution is -2.34. The fraction of sp³-hybridized carbons (Fsp3) is 1.00. The van der Waals surface area contributed by atoms with Gasteiger partial charge in [0.05, 0.1) is 0 Å². The maximum Gasteiger partial charge on any atom is -0.000655 e. The average molecular weight is 297 g/mol. The zero-order chi connectivity index (χ0) is 15.5. The molecule has 0 aliphatic carbocycles. The molecule has 21 heavy (non-hydrogen) atoms. The van der Waals surface area contributed by atoms with Crippen molar-refractivity contribution in [3.8, 4) is 0 Å². The summed E-state index contributed by atoms with van der Waals surface area (Å²) in [7, 11) is 0. The second-order valence-corrected chi connectivity index (χ2v) is 7.82. The Morgan fingerprint density at radius 3 is 2.00 bits per heavy atom. The smallest absolute Gasteiger partial charge is 0.000655 e. The molecule has 1 aliphatic heterocycles. The van der Waals surface area contributed by atoms with E-state index in [-0.39, 0.29) is 0 Å². The first-order valence-electron chi connectivity index (χ1n) is 9.52. The van der Waals surface area contributed by atoms with E-state index in [0.29, 0.717) is 0 Å². The number of piperidine rings is 1. The van der Waals surface area contributed by atoms with E-state index in [1.165, 1.54) is 84.2 Å². The predicted octanol–water partition coefficient (Wildman–Crippen LogP) is 4.65. The van der Waals surface area contributed by atoms with Gasteiger partial charge in [0.1, 0.15) is 0 Å². The Morgan fingerprint density at radius 1 is 0.762 bits per heavy atom. The van der Waals surface area contributed by atoms with E-state index in [0.717, 1.165) is 11.8 Å². The highest BCUT2D eigenvalue weighted by Crippen LogP contribution is 2.11. The van der Waals surface area contributed by atoms with Gasteiger partial charge in [-0.3, -0.25) is 0 Å². The summed E-state index contributed by atoms with van der Waals surface area (Å²) in [5, 5.41) is 0. The molecule has 2 heteroatoms. The van der Waals surface area contributed by atoms with Crippen LogP contribution >= 0.6 is 0 Å². The maximum atomic E-state index is 2.73. The summed E-state index contributed by atoms with van der Waals surface area (Å²) in [5.41, 5.74) is 0. The van der Waals surface area contributed by atoms with Crippen LogP contribution in [-0.2, 0) is 0 Å². The van der Waals surface area contributed by atoms with Gasteiger partial charge in [-0.25, -0.2) is 0 Å². The van der Waals surface area contributed by atoms with Crippen molar-refractivity contribution in [1.29, 1.82) is 0 Å². The minimum atomic E-state index is 0.833. The van der Waals surface area contributed by atoms with Crippen molar-refractivity contribution in [2.75, 3.05) is 39.3 Å². The topological polar surface area (TPSA) is 6.48 Å². The van der Waals surface area contributed by atoms with Gasteiger partial charge in [0.25, 0.3) is 0 Å². The molecular formula is C19H40N2. The van der Waals surface area contributed by atoms with Crippen LogP contribution < -0.4 is 0 Å². The molecule has 1 aliphatic rings. The molecule has 126 valence electrons. The molecule has 1 heterocycles. The molecule has 0 amide bonds. The quantitative estimate of drug-likeness (QED) is 0.548. The fourth-order valence-corrected chi connectivity index (χ4v) is 3.20. The van der Waals surface area contributed by atoms with Crippen molar-refractivity contribution in [1.82, 2.24) is 9.80 Å². The molecule has 0 bridgehead atoms. The van der Waals surface area contributed by atoms with Crippen LogP contribution in [0.1, 0.15) is 72.6 Å². The molecule has 0 saturated carbocycles. The van der Waals surface area contributed by atoms with Crippen LogP contribution in [0.15, 0.2) is 0 Å². The summed E-state index contributed by atoms with van der Waals surface area (Å²) in [5.74, 6) is 1.69. The fourth-order valence-electron chi connectivity index (χ4n) is 3.20. The van der Waals surface area contributed by atoms with Gasteiger partial charge >= 0.3 is 0 Å². The van der Waals surface area contributed by atoms with Gasteiger partial charge in [0.2, 0.25) is 0 Å². The van der Waals surface area contributed by atoms with Gasteiger partial charge in [0.15, 0.2) is 0 Å². The summed E-state index contributed by atoms with van der Waals surface area (Å²) in [4.78, 5) is 5.41. The summed E-state index contributed by atoms with van der Waals surface area (Å²) in [6.45, 7) is 17.3. The van der Waals surface area contributed by atoms with Crippen molar-refractivity contribution in [2.24, 2.45) is 11.8 Å². The van der Waals surface area contributed by atoms with Crippen LogP contribution in [0, 0.1) is 11.8 Å². The second kappa shape index (κ2) is 11.5. The van der Waals surface area contributed by atoms with E-state index >= 15 is 0 Å². The SMILES string of the molecule is CC(C)CCCN(CCCN1CCCCC1)CCC(C)C. The van der Waals surface area contributed by atoms with E-state index in [1.807, 2.05) is 0 Å². The summed E-state index contributed by atoms with van der Waals surface area (Å²) >= 11 is 0. The first kappa shape index (κ1) is 19.0. The molecule has 1 rings (SSSR count). The van der Waals surface area contributed by atoms with Gasteiger partial charge in [0, 0.05) is 0 Å². The van der Waals surface area contributed by atoms with Crippen molar-refractivity contribution in [3.05, 3.63) is 0 Å². The molecule has 0 N–H and O–H groups in total. The first-order valence-corrected chi connectivity index (χ1v) is 9.52. The predicted molar refractivity (Wildman–Crippen MR) is 94.9 cm³/mol. The first-order chi connectivity index (χ1) is 10.1. The highest BCUT2D eigenvalue weighted by molar-refractivity contribution is 4.67. The van der Waals surface area contributed by atoms with Crippen LogP contribution in [0.5, 0.6) is 0 Å². The number of likely N-dealkylation sites (tertiary alicyclic amines) is 1. The van der Waals surface area contributed by atoms with Crippen molar-refractivity contribution in [3.63, 3.8) is 0 Å². The number of nitrogens with zero attached hydrogens (tertiary/aromatic N) is 2. The van der Waals surface area contributed by atoms with E-state index in [2.05, 4.69) is 37.5 Å². The highest BCUT2D eigenvalue weighted by atomic mass is 15.1. The third-order valence-electron chi connectivity index (χ3n) is 4.68. The Balaban J connectivity index is 2.19. The lowest BCUT2D eigenvalue weighted by atomic mass is 10.1. The second-order valence-electron chi connectivity index (χ2n) is 7.82. The van der Waals surface area contributed by atoms with Crippen LogP contribution in [0.3, 0.4) is 0 Å². The Labute approximate surface area is 134 Å². The van der Waals surface area contributed by atoms with Gasteiger partial charge in [-0.1, -0.05) is 34.1 Å². The number of hydrogen-bond donors (Lipinski definition) is 0. The Hall–Kier alpha value is -0.0800. The monoisotopic (exact) mass is 296 g/mol. The van der Waals surface area contributed by atoms with Gasteiger partial charge in [-0.05, 0) is 89.6 Å². The third kappa shape index (κ3) is 10.3. The Bertz CT molecular complexity index is 232. The highest BCUT2D eigenvalue weighted by Gasteiger charge is 2.11. The Kier molecular flexibility index (Phi) is 10.4. The molecule has 0 radical (unpaired) electrons. The third-order valence-corrected chi connectivity index (χ3v) is 4.68. The molecule has 1 fully saturated rings. The molecule has 0 aromatic rings. The van der Waals surface area contributed by atoms with E-state index in [1.54, 1.807) is 0 Å². The zero-order valence-electron chi connectivity index (χ0n) is 15.2. The summed E-state index contributed by atoms with van der Waals surface area (Å²) < 4.78 is 0. The van der Waals surface area contributed by atoms with Crippen LogP contribution in [-0.4, -0.2) is 49.1 Å². The van der Waals surface area contributed by atoms with Gasteiger partial charge < -0.3 is 9.80 Å².